The van der Waals surface area contributed by atoms with E-state index in [1.807, 2.05) is 0 Å². The summed E-state index contributed by atoms with van der Waals surface area (Å²) >= 11 is 0. The number of carbonyl (C=O) groups excluding carboxylic acids is 1. The van der Waals surface area contributed by atoms with Crippen LogP contribution in [0.1, 0.15) is 6.42 Å². The SMILES string of the molecule is COC1(OC)CC(C=O)C1(OC)OC. The standard InChI is InChI=1S/C9H16O5/c1-11-8(12-2)5-7(6-10)9(8,13-3)14-4/h6-7H,5H2,1-4H3. The lowest BCUT2D eigenvalue weighted by atomic mass is 9.72. The van der Waals surface area contributed by atoms with Crippen LogP contribution in [0.5, 0.6) is 0 Å². The van der Waals surface area contributed by atoms with Crippen molar-refractivity contribution in [1.82, 2.24) is 0 Å². The minimum absolute atomic E-state index is 0.364. The van der Waals surface area contributed by atoms with Crippen molar-refractivity contribution in [2.75, 3.05) is 28.4 Å². The topological polar surface area (TPSA) is 54.0 Å². The predicted octanol–water partition coefficient (Wildman–Crippen LogP) is 0.183. The van der Waals surface area contributed by atoms with Gasteiger partial charge in [0.1, 0.15) is 6.29 Å². The van der Waals surface area contributed by atoms with Crippen molar-refractivity contribution in [1.29, 1.82) is 0 Å². The third kappa shape index (κ3) is 1.13. The molecule has 5 heteroatoms. The van der Waals surface area contributed by atoms with Crippen LogP contribution >= 0.6 is 0 Å². The highest BCUT2D eigenvalue weighted by Crippen LogP contribution is 2.51. The van der Waals surface area contributed by atoms with Gasteiger partial charge in [0.15, 0.2) is 0 Å². The number of ether oxygens (including phenoxy) is 4. The summed E-state index contributed by atoms with van der Waals surface area (Å²) in [6.07, 6.45) is 1.23. The molecule has 0 saturated heterocycles. The van der Waals surface area contributed by atoms with E-state index < -0.39 is 11.6 Å². The van der Waals surface area contributed by atoms with Crippen LogP contribution in [0.2, 0.25) is 0 Å². The first-order valence-electron chi connectivity index (χ1n) is 4.32. The average molecular weight is 204 g/mol. The van der Waals surface area contributed by atoms with Crippen LogP contribution in [0, 0.1) is 5.92 Å². The molecule has 0 amide bonds. The molecule has 0 N–H and O–H groups in total. The van der Waals surface area contributed by atoms with E-state index in [1.165, 1.54) is 28.4 Å². The number of aldehydes is 1. The maximum absolute atomic E-state index is 10.8. The Bertz CT molecular complexity index is 207. The monoisotopic (exact) mass is 204 g/mol. The van der Waals surface area contributed by atoms with Crippen molar-refractivity contribution in [2.45, 2.75) is 18.0 Å². The molecule has 82 valence electrons. The summed E-state index contributed by atoms with van der Waals surface area (Å²) in [7, 11) is 5.92. The van der Waals surface area contributed by atoms with Crippen LogP contribution in [0.25, 0.3) is 0 Å². The quantitative estimate of drug-likeness (QED) is 0.472. The summed E-state index contributed by atoms with van der Waals surface area (Å²) in [5.41, 5.74) is 0. The molecule has 1 rings (SSSR count). The number of hydrogen-bond acceptors (Lipinski definition) is 5. The summed E-state index contributed by atoms with van der Waals surface area (Å²) < 4.78 is 20.9. The molecule has 1 aliphatic carbocycles. The van der Waals surface area contributed by atoms with Gasteiger partial charge in [-0.05, 0) is 0 Å². The molecule has 1 fully saturated rings. The zero-order chi connectivity index (χ0) is 10.8. The normalized spacial score (nSPS) is 28.1. The van der Waals surface area contributed by atoms with Gasteiger partial charge in [-0.3, -0.25) is 0 Å². The summed E-state index contributed by atoms with van der Waals surface area (Å²) in [4.78, 5) is 10.8. The van der Waals surface area contributed by atoms with Gasteiger partial charge in [0.05, 0.1) is 5.92 Å². The van der Waals surface area contributed by atoms with E-state index in [0.29, 0.717) is 6.42 Å². The molecule has 1 saturated carbocycles. The van der Waals surface area contributed by atoms with Crippen LogP contribution < -0.4 is 0 Å². The Morgan fingerprint density at radius 3 is 1.86 bits per heavy atom. The zero-order valence-corrected chi connectivity index (χ0v) is 8.90. The molecule has 14 heavy (non-hydrogen) atoms. The van der Waals surface area contributed by atoms with Crippen LogP contribution in [-0.2, 0) is 23.7 Å². The molecular weight excluding hydrogens is 188 g/mol. The van der Waals surface area contributed by atoms with Crippen molar-refractivity contribution in [2.24, 2.45) is 5.92 Å². The number of carbonyl (C=O) groups is 1. The molecule has 1 atom stereocenters. The summed E-state index contributed by atoms with van der Waals surface area (Å²) in [6.45, 7) is 0. The Hall–Kier alpha value is -0.490. The van der Waals surface area contributed by atoms with E-state index in [0.717, 1.165) is 6.29 Å². The fraction of sp³-hybridized carbons (Fsp3) is 0.889. The predicted molar refractivity (Wildman–Crippen MR) is 47.7 cm³/mol. The average Bonchev–Trinajstić information content (AvgIpc) is 2.21. The maximum atomic E-state index is 10.8. The van der Waals surface area contributed by atoms with Gasteiger partial charge in [-0.15, -0.1) is 0 Å². The van der Waals surface area contributed by atoms with E-state index in [4.69, 9.17) is 18.9 Å². The van der Waals surface area contributed by atoms with Gasteiger partial charge < -0.3 is 23.7 Å². The number of hydrogen-bond donors (Lipinski definition) is 0. The maximum Gasteiger partial charge on any atom is 0.233 e. The molecule has 0 bridgehead atoms. The van der Waals surface area contributed by atoms with Gasteiger partial charge in [0.25, 0.3) is 0 Å². The molecule has 0 aromatic carbocycles. The highest BCUT2D eigenvalue weighted by Gasteiger charge is 2.69. The molecule has 5 nitrogen and oxygen atoms in total. The first-order valence-corrected chi connectivity index (χ1v) is 4.32. The summed E-state index contributed by atoms with van der Waals surface area (Å²) in [5.74, 6) is -2.47. The molecule has 0 aromatic rings. The minimum Gasteiger partial charge on any atom is -0.349 e. The molecule has 0 heterocycles. The lowest BCUT2D eigenvalue weighted by Gasteiger charge is -2.57. The van der Waals surface area contributed by atoms with E-state index in [2.05, 4.69) is 0 Å². The minimum atomic E-state index is -1.13. The Labute approximate surface area is 83.3 Å². The largest absolute Gasteiger partial charge is 0.349 e. The number of rotatable bonds is 5. The Balaban J connectivity index is 2.97. The molecule has 0 aliphatic heterocycles. The van der Waals surface area contributed by atoms with Gasteiger partial charge in [-0.1, -0.05) is 0 Å². The second kappa shape index (κ2) is 3.94. The van der Waals surface area contributed by atoms with Gasteiger partial charge in [0, 0.05) is 34.9 Å². The van der Waals surface area contributed by atoms with Gasteiger partial charge >= 0.3 is 0 Å². The summed E-state index contributed by atoms with van der Waals surface area (Å²) in [6, 6.07) is 0. The fourth-order valence-corrected chi connectivity index (χ4v) is 2.09. The third-order valence-electron chi connectivity index (χ3n) is 2.94. The first kappa shape index (κ1) is 11.6. The lowest BCUT2D eigenvalue weighted by Crippen LogP contribution is -2.73. The molecule has 0 spiro atoms. The molecule has 1 unspecified atom stereocenters. The van der Waals surface area contributed by atoms with Gasteiger partial charge in [0.2, 0.25) is 11.6 Å². The third-order valence-corrected chi connectivity index (χ3v) is 2.94. The van der Waals surface area contributed by atoms with Crippen molar-refractivity contribution in [3.05, 3.63) is 0 Å². The lowest BCUT2D eigenvalue weighted by molar-refractivity contribution is -0.453. The Morgan fingerprint density at radius 1 is 1.07 bits per heavy atom. The molecular formula is C9H16O5. The smallest absolute Gasteiger partial charge is 0.233 e. The van der Waals surface area contributed by atoms with E-state index in [-0.39, 0.29) is 5.92 Å². The van der Waals surface area contributed by atoms with Crippen LogP contribution in [0.3, 0.4) is 0 Å². The fourth-order valence-electron chi connectivity index (χ4n) is 2.09. The van der Waals surface area contributed by atoms with Crippen LogP contribution in [0.15, 0.2) is 0 Å². The van der Waals surface area contributed by atoms with Crippen LogP contribution in [0.4, 0.5) is 0 Å². The second-order valence-electron chi connectivity index (χ2n) is 3.18. The summed E-state index contributed by atoms with van der Waals surface area (Å²) in [5, 5.41) is 0. The Kier molecular flexibility index (Phi) is 3.26. The Morgan fingerprint density at radius 2 is 1.57 bits per heavy atom. The highest BCUT2D eigenvalue weighted by atomic mass is 16.8. The second-order valence-corrected chi connectivity index (χ2v) is 3.18. The number of methoxy groups -OCH3 is 4. The van der Waals surface area contributed by atoms with Gasteiger partial charge in [-0.2, -0.15) is 0 Å². The molecule has 0 radical (unpaired) electrons. The first-order chi connectivity index (χ1) is 6.66. The van der Waals surface area contributed by atoms with Crippen molar-refractivity contribution in [3.63, 3.8) is 0 Å². The molecule has 1 aliphatic rings. The van der Waals surface area contributed by atoms with Crippen molar-refractivity contribution in [3.8, 4) is 0 Å². The van der Waals surface area contributed by atoms with Crippen LogP contribution in [-0.4, -0.2) is 46.3 Å². The van der Waals surface area contributed by atoms with Crippen molar-refractivity contribution < 1.29 is 23.7 Å². The highest BCUT2D eigenvalue weighted by molar-refractivity contribution is 5.58. The van der Waals surface area contributed by atoms with E-state index in [9.17, 15) is 4.79 Å². The van der Waals surface area contributed by atoms with Gasteiger partial charge in [-0.25, -0.2) is 0 Å². The zero-order valence-electron chi connectivity index (χ0n) is 8.90. The van der Waals surface area contributed by atoms with E-state index >= 15 is 0 Å². The van der Waals surface area contributed by atoms with E-state index in [1.54, 1.807) is 0 Å². The molecule has 0 aromatic heterocycles. The van der Waals surface area contributed by atoms with Crippen molar-refractivity contribution >= 4 is 6.29 Å².